The molecule has 2 heteroatoms. The molecule has 90 valence electrons. The summed E-state index contributed by atoms with van der Waals surface area (Å²) in [6, 6.07) is 8.76. The zero-order chi connectivity index (χ0) is 12.3. The summed E-state index contributed by atoms with van der Waals surface area (Å²) in [4.78, 5) is 0. The van der Waals surface area contributed by atoms with Gasteiger partial charge in [-0.15, -0.1) is 0 Å². The molecule has 0 spiro atoms. The highest BCUT2D eigenvalue weighted by Crippen LogP contribution is 2.43. The SMILES string of the molecule is CCOc1ccc(CC2(C#N)CCC2)cc1C. The summed E-state index contributed by atoms with van der Waals surface area (Å²) < 4.78 is 5.52. The maximum atomic E-state index is 9.23. The van der Waals surface area contributed by atoms with E-state index >= 15 is 0 Å². The Morgan fingerprint density at radius 3 is 2.65 bits per heavy atom. The Bertz CT molecular complexity index is 441. The minimum atomic E-state index is -0.0838. The second-order valence-corrected chi connectivity index (χ2v) is 4.96. The predicted molar refractivity (Wildman–Crippen MR) is 67.9 cm³/mol. The molecule has 1 aliphatic carbocycles. The number of rotatable bonds is 4. The van der Waals surface area contributed by atoms with Crippen LogP contribution < -0.4 is 4.74 Å². The van der Waals surface area contributed by atoms with E-state index in [0.717, 1.165) is 30.6 Å². The summed E-state index contributed by atoms with van der Waals surface area (Å²) in [5.74, 6) is 0.955. The van der Waals surface area contributed by atoms with E-state index in [1.54, 1.807) is 0 Å². The predicted octanol–water partition coefficient (Wildman–Crippen LogP) is 3.63. The van der Waals surface area contributed by atoms with E-state index in [1.807, 2.05) is 13.0 Å². The topological polar surface area (TPSA) is 33.0 Å². The van der Waals surface area contributed by atoms with Crippen molar-refractivity contribution in [1.82, 2.24) is 0 Å². The molecule has 1 saturated carbocycles. The van der Waals surface area contributed by atoms with Gasteiger partial charge in [-0.3, -0.25) is 0 Å². The van der Waals surface area contributed by atoms with Gasteiger partial charge < -0.3 is 4.74 Å². The molecule has 0 bridgehead atoms. The molecule has 0 saturated heterocycles. The first-order chi connectivity index (χ1) is 8.19. The van der Waals surface area contributed by atoms with Gasteiger partial charge in [0.25, 0.3) is 0 Å². The van der Waals surface area contributed by atoms with Crippen molar-refractivity contribution in [2.24, 2.45) is 5.41 Å². The normalized spacial score (nSPS) is 17.0. The molecular weight excluding hydrogens is 210 g/mol. The molecular formula is C15H19NO. The molecule has 0 unspecified atom stereocenters. The van der Waals surface area contributed by atoms with Crippen LogP contribution >= 0.6 is 0 Å². The van der Waals surface area contributed by atoms with Gasteiger partial charge in [0, 0.05) is 0 Å². The molecule has 0 aliphatic heterocycles. The van der Waals surface area contributed by atoms with Gasteiger partial charge in [0.15, 0.2) is 0 Å². The van der Waals surface area contributed by atoms with Crippen molar-refractivity contribution < 1.29 is 4.74 Å². The van der Waals surface area contributed by atoms with E-state index in [-0.39, 0.29) is 5.41 Å². The minimum absolute atomic E-state index is 0.0838. The smallest absolute Gasteiger partial charge is 0.122 e. The van der Waals surface area contributed by atoms with Crippen LogP contribution in [0.4, 0.5) is 0 Å². The van der Waals surface area contributed by atoms with Gasteiger partial charge in [0.1, 0.15) is 5.75 Å². The van der Waals surface area contributed by atoms with Gasteiger partial charge >= 0.3 is 0 Å². The lowest BCUT2D eigenvalue weighted by Crippen LogP contribution is -2.29. The highest BCUT2D eigenvalue weighted by molar-refractivity contribution is 5.37. The Balaban J connectivity index is 2.12. The third-order valence-corrected chi connectivity index (χ3v) is 3.63. The number of nitriles is 1. The van der Waals surface area contributed by atoms with Crippen LogP contribution in [0.25, 0.3) is 0 Å². The third kappa shape index (κ3) is 2.44. The summed E-state index contributed by atoms with van der Waals surface area (Å²) in [7, 11) is 0. The molecule has 0 atom stereocenters. The molecule has 1 aliphatic rings. The number of aryl methyl sites for hydroxylation is 1. The van der Waals surface area contributed by atoms with Gasteiger partial charge in [0.2, 0.25) is 0 Å². The first-order valence-corrected chi connectivity index (χ1v) is 6.33. The van der Waals surface area contributed by atoms with Crippen LogP contribution in [0, 0.1) is 23.7 Å². The number of nitrogens with zero attached hydrogens (tertiary/aromatic N) is 1. The van der Waals surface area contributed by atoms with Gasteiger partial charge in [-0.05, 0) is 50.3 Å². The summed E-state index contributed by atoms with van der Waals surface area (Å²) in [5.41, 5.74) is 2.34. The van der Waals surface area contributed by atoms with Crippen LogP contribution in [0.1, 0.15) is 37.3 Å². The van der Waals surface area contributed by atoms with Crippen LogP contribution in [-0.2, 0) is 6.42 Å². The van der Waals surface area contributed by atoms with Crippen molar-refractivity contribution in [3.05, 3.63) is 29.3 Å². The Morgan fingerprint density at radius 1 is 1.41 bits per heavy atom. The van der Waals surface area contributed by atoms with Crippen LogP contribution in [0.5, 0.6) is 5.75 Å². The average molecular weight is 229 g/mol. The summed E-state index contributed by atoms with van der Waals surface area (Å²) in [6.45, 7) is 4.75. The van der Waals surface area contributed by atoms with Gasteiger partial charge in [-0.1, -0.05) is 18.6 Å². The van der Waals surface area contributed by atoms with Crippen molar-refractivity contribution in [1.29, 1.82) is 5.26 Å². The highest BCUT2D eigenvalue weighted by Gasteiger charge is 2.37. The lowest BCUT2D eigenvalue weighted by Gasteiger charge is -2.35. The minimum Gasteiger partial charge on any atom is -0.494 e. The van der Waals surface area contributed by atoms with E-state index in [0.29, 0.717) is 6.61 Å². The van der Waals surface area contributed by atoms with E-state index in [4.69, 9.17) is 4.74 Å². The molecule has 0 N–H and O–H groups in total. The number of ether oxygens (including phenoxy) is 1. The largest absolute Gasteiger partial charge is 0.494 e. The van der Waals surface area contributed by atoms with Crippen molar-refractivity contribution in [2.45, 2.75) is 39.5 Å². The van der Waals surface area contributed by atoms with E-state index in [9.17, 15) is 5.26 Å². The van der Waals surface area contributed by atoms with Crippen LogP contribution in [0.2, 0.25) is 0 Å². The van der Waals surface area contributed by atoms with Crippen molar-refractivity contribution in [3.63, 3.8) is 0 Å². The van der Waals surface area contributed by atoms with Crippen molar-refractivity contribution in [3.8, 4) is 11.8 Å². The summed E-state index contributed by atoms with van der Waals surface area (Å²) in [5, 5.41) is 9.23. The second kappa shape index (κ2) is 4.79. The van der Waals surface area contributed by atoms with Crippen molar-refractivity contribution >= 4 is 0 Å². The molecule has 0 amide bonds. The maximum Gasteiger partial charge on any atom is 0.122 e. The molecule has 0 radical (unpaired) electrons. The van der Waals surface area contributed by atoms with E-state index < -0.39 is 0 Å². The zero-order valence-corrected chi connectivity index (χ0v) is 10.6. The van der Waals surface area contributed by atoms with E-state index in [1.165, 1.54) is 12.0 Å². The molecule has 1 aromatic carbocycles. The lowest BCUT2D eigenvalue weighted by atomic mass is 9.66. The molecule has 0 aromatic heterocycles. The fourth-order valence-electron chi connectivity index (χ4n) is 2.46. The standard InChI is InChI=1S/C15H19NO/c1-3-17-14-6-5-13(9-12(14)2)10-15(11-16)7-4-8-15/h5-6,9H,3-4,7-8,10H2,1-2H3. The average Bonchev–Trinajstić information content (AvgIpc) is 2.27. The summed E-state index contributed by atoms with van der Waals surface area (Å²) in [6.07, 6.45) is 4.19. The highest BCUT2D eigenvalue weighted by atomic mass is 16.5. The fraction of sp³-hybridized carbons (Fsp3) is 0.533. The monoisotopic (exact) mass is 229 g/mol. The maximum absolute atomic E-state index is 9.23. The molecule has 2 rings (SSSR count). The molecule has 1 aromatic rings. The van der Waals surface area contributed by atoms with E-state index in [2.05, 4.69) is 25.1 Å². The Morgan fingerprint density at radius 2 is 2.18 bits per heavy atom. The van der Waals surface area contributed by atoms with Gasteiger partial charge in [-0.25, -0.2) is 0 Å². The van der Waals surface area contributed by atoms with Crippen LogP contribution in [0.3, 0.4) is 0 Å². The summed E-state index contributed by atoms with van der Waals surface area (Å²) >= 11 is 0. The number of hydrogen-bond donors (Lipinski definition) is 0. The number of benzene rings is 1. The Hall–Kier alpha value is -1.49. The third-order valence-electron chi connectivity index (χ3n) is 3.63. The first kappa shape index (κ1) is 12.0. The first-order valence-electron chi connectivity index (χ1n) is 6.33. The van der Waals surface area contributed by atoms with Crippen LogP contribution in [-0.4, -0.2) is 6.61 Å². The fourth-order valence-corrected chi connectivity index (χ4v) is 2.46. The molecule has 2 nitrogen and oxygen atoms in total. The second-order valence-electron chi connectivity index (χ2n) is 4.96. The molecule has 0 heterocycles. The Labute approximate surface area is 103 Å². The van der Waals surface area contributed by atoms with Gasteiger partial charge in [0.05, 0.1) is 18.1 Å². The van der Waals surface area contributed by atoms with Crippen molar-refractivity contribution in [2.75, 3.05) is 6.61 Å². The lowest BCUT2D eigenvalue weighted by molar-refractivity contribution is 0.214. The van der Waals surface area contributed by atoms with Crippen LogP contribution in [0.15, 0.2) is 18.2 Å². The quantitative estimate of drug-likeness (QED) is 0.789. The van der Waals surface area contributed by atoms with Gasteiger partial charge in [-0.2, -0.15) is 5.26 Å². The number of hydrogen-bond acceptors (Lipinski definition) is 2. The molecule has 1 fully saturated rings. The zero-order valence-electron chi connectivity index (χ0n) is 10.6. The molecule has 17 heavy (non-hydrogen) atoms. The Kier molecular flexibility index (Phi) is 3.38.